The van der Waals surface area contributed by atoms with E-state index in [1.54, 1.807) is 0 Å². The third kappa shape index (κ3) is 2.93. The largest absolute Gasteiger partial charge is 0.455 e. The maximum absolute atomic E-state index is 6.71. The van der Waals surface area contributed by atoms with Gasteiger partial charge in [0.05, 0.1) is 0 Å². The zero-order valence-electron chi connectivity index (χ0n) is 21.3. The standard InChI is InChI=1S/C33H31BrO/c1-31(2)26-18-25(28(34)19-27(26)32(3,4)33(31,5)6)24-17-11-16-23-22-15-10-14-21(29(22)35-30(23)24)20-12-8-7-9-13-20/h7-19H,1-6H3. The fourth-order valence-electron chi connectivity index (χ4n) is 6.15. The van der Waals surface area contributed by atoms with Gasteiger partial charge in [-0.1, -0.05) is 124 Å². The van der Waals surface area contributed by atoms with Crippen LogP contribution in [0.15, 0.2) is 87.8 Å². The SMILES string of the molecule is CC1(C)c2cc(Br)c(-c3cccc4c3oc3c(-c5ccccc5)cccc34)cc2C(C)(C)C1(C)C. The molecular formula is C33H31BrO. The number of hydrogen-bond acceptors (Lipinski definition) is 1. The lowest BCUT2D eigenvalue weighted by Gasteiger charge is -2.44. The predicted octanol–water partition coefficient (Wildman–Crippen LogP) is 10.3. The number of para-hydroxylation sites is 2. The first kappa shape index (κ1) is 22.6. The molecule has 0 unspecified atom stereocenters. The molecule has 35 heavy (non-hydrogen) atoms. The molecule has 6 rings (SSSR count). The number of fused-ring (bicyclic) bond motifs is 4. The fraction of sp³-hybridized carbons (Fsp3) is 0.273. The molecular weight excluding hydrogens is 492 g/mol. The molecule has 1 aliphatic rings. The first-order valence-electron chi connectivity index (χ1n) is 12.4. The van der Waals surface area contributed by atoms with Gasteiger partial charge in [-0.25, -0.2) is 0 Å². The molecule has 0 radical (unpaired) electrons. The summed E-state index contributed by atoms with van der Waals surface area (Å²) in [6.07, 6.45) is 0. The van der Waals surface area contributed by atoms with E-state index in [0.29, 0.717) is 0 Å². The first-order chi connectivity index (χ1) is 16.6. The summed E-state index contributed by atoms with van der Waals surface area (Å²) in [5.74, 6) is 0. The quantitative estimate of drug-likeness (QED) is 0.224. The van der Waals surface area contributed by atoms with E-state index in [2.05, 4.69) is 136 Å². The van der Waals surface area contributed by atoms with E-state index in [-0.39, 0.29) is 16.2 Å². The van der Waals surface area contributed by atoms with Crippen LogP contribution in [0.4, 0.5) is 0 Å². The molecule has 0 spiro atoms. The highest BCUT2D eigenvalue weighted by molar-refractivity contribution is 9.10. The van der Waals surface area contributed by atoms with Gasteiger partial charge in [-0.05, 0) is 50.6 Å². The van der Waals surface area contributed by atoms with Gasteiger partial charge in [-0.15, -0.1) is 0 Å². The highest BCUT2D eigenvalue weighted by Gasteiger charge is 2.56. The zero-order valence-corrected chi connectivity index (χ0v) is 22.9. The van der Waals surface area contributed by atoms with Crippen molar-refractivity contribution >= 4 is 37.9 Å². The van der Waals surface area contributed by atoms with Crippen molar-refractivity contribution in [2.45, 2.75) is 52.4 Å². The van der Waals surface area contributed by atoms with E-state index in [4.69, 9.17) is 4.42 Å². The van der Waals surface area contributed by atoms with E-state index in [9.17, 15) is 0 Å². The summed E-state index contributed by atoms with van der Waals surface area (Å²) in [6.45, 7) is 14.4. The molecule has 1 heterocycles. The lowest BCUT2D eigenvalue weighted by Crippen LogP contribution is -2.42. The summed E-state index contributed by atoms with van der Waals surface area (Å²) in [7, 11) is 0. The lowest BCUT2D eigenvalue weighted by atomic mass is 9.59. The van der Waals surface area contributed by atoms with Crippen LogP contribution in [0.2, 0.25) is 0 Å². The number of rotatable bonds is 2. The van der Waals surface area contributed by atoms with Gasteiger partial charge in [0.25, 0.3) is 0 Å². The third-order valence-electron chi connectivity index (χ3n) is 9.48. The highest BCUT2D eigenvalue weighted by atomic mass is 79.9. The first-order valence-corrected chi connectivity index (χ1v) is 13.2. The maximum atomic E-state index is 6.71. The van der Waals surface area contributed by atoms with Gasteiger partial charge in [0.1, 0.15) is 11.2 Å². The molecule has 0 saturated heterocycles. The minimum Gasteiger partial charge on any atom is -0.455 e. The Morgan fingerprint density at radius 2 is 1.11 bits per heavy atom. The summed E-state index contributed by atoms with van der Waals surface area (Å²) in [5, 5.41) is 2.31. The Hall–Kier alpha value is -2.84. The number of benzene rings is 4. The maximum Gasteiger partial charge on any atom is 0.143 e. The fourth-order valence-corrected chi connectivity index (χ4v) is 6.70. The third-order valence-corrected chi connectivity index (χ3v) is 10.1. The van der Waals surface area contributed by atoms with E-state index in [0.717, 1.165) is 37.5 Å². The number of halogens is 1. The van der Waals surface area contributed by atoms with Crippen molar-refractivity contribution in [3.63, 3.8) is 0 Å². The second-order valence-electron chi connectivity index (χ2n) is 11.6. The van der Waals surface area contributed by atoms with Crippen LogP contribution < -0.4 is 0 Å². The highest BCUT2D eigenvalue weighted by Crippen LogP contribution is 2.62. The van der Waals surface area contributed by atoms with Crippen LogP contribution in [0.25, 0.3) is 44.2 Å². The average Bonchev–Trinajstić information content (AvgIpc) is 3.26. The van der Waals surface area contributed by atoms with E-state index in [1.165, 1.54) is 22.3 Å². The average molecular weight is 524 g/mol. The predicted molar refractivity (Wildman–Crippen MR) is 152 cm³/mol. The second kappa shape index (κ2) is 7.34. The molecule has 2 heteroatoms. The van der Waals surface area contributed by atoms with Gasteiger partial charge in [-0.2, -0.15) is 0 Å². The smallest absolute Gasteiger partial charge is 0.143 e. The summed E-state index contributed by atoms with van der Waals surface area (Å²) in [5.41, 5.74) is 9.62. The van der Waals surface area contributed by atoms with Crippen molar-refractivity contribution in [1.29, 1.82) is 0 Å². The van der Waals surface area contributed by atoms with Gasteiger partial charge < -0.3 is 4.42 Å². The van der Waals surface area contributed by atoms with Crippen LogP contribution in [0.3, 0.4) is 0 Å². The van der Waals surface area contributed by atoms with Crippen LogP contribution in [0.5, 0.6) is 0 Å². The minimum atomic E-state index is 0.0452. The Balaban J connectivity index is 1.63. The monoisotopic (exact) mass is 522 g/mol. The van der Waals surface area contributed by atoms with Crippen molar-refractivity contribution in [1.82, 2.24) is 0 Å². The molecule has 1 nitrogen and oxygen atoms in total. The Morgan fingerprint density at radius 1 is 0.571 bits per heavy atom. The Kier molecular flexibility index (Phi) is 4.74. The van der Waals surface area contributed by atoms with E-state index >= 15 is 0 Å². The van der Waals surface area contributed by atoms with Crippen LogP contribution in [-0.2, 0) is 10.8 Å². The van der Waals surface area contributed by atoms with Crippen LogP contribution in [-0.4, -0.2) is 0 Å². The molecule has 0 fully saturated rings. The summed E-state index contributed by atoms with van der Waals surface area (Å²) >= 11 is 3.95. The molecule has 0 bridgehead atoms. The topological polar surface area (TPSA) is 13.1 Å². The number of furan rings is 1. The molecule has 1 aliphatic carbocycles. The molecule has 0 aliphatic heterocycles. The molecule has 0 amide bonds. The summed E-state index contributed by atoms with van der Waals surface area (Å²) in [4.78, 5) is 0. The van der Waals surface area contributed by atoms with Gasteiger partial charge in [0.2, 0.25) is 0 Å². The molecule has 176 valence electrons. The van der Waals surface area contributed by atoms with Crippen LogP contribution in [0, 0.1) is 5.41 Å². The summed E-state index contributed by atoms with van der Waals surface area (Å²) < 4.78 is 7.83. The van der Waals surface area contributed by atoms with Gasteiger partial charge in [-0.3, -0.25) is 0 Å². The summed E-state index contributed by atoms with van der Waals surface area (Å²) in [6, 6.07) is 28.2. The minimum absolute atomic E-state index is 0.0452. The second-order valence-corrected chi connectivity index (χ2v) is 12.4. The van der Waals surface area contributed by atoms with Crippen molar-refractivity contribution in [2.24, 2.45) is 5.41 Å². The molecule has 0 saturated carbocycles. The van der Waals surface area contributed by atoms with Gasteiger partial charge in [0, 0.05) is 26.4 Å². The molecule has 0 atom stereocenters. The Morgan fingerprint density at radius 3 is 1.74 bits per heavy atom. The molecule has 0 N–H and O–H groups in total. The molecule has 1 aromatic heterocycles. The van der Waals surface area contributed by atoms with E-state index in [1.807, 2.05) is 0 Å². The Bertz CT molecular complexity index is 1620. The van der Waals surface area contributed by atoms with Crippen LogP contribution >= 0.6 is 15.9 Å². The van der Waals surface area contributed by atoms with E-state index < -0.39 is 0 Å². The normalized spacial score (nSPS) is 17.7. The van der Waals surface area contributed by atoms with Crippen molar-refractivity contribution in [2.75, 3.05) is 0 Å². The Labute approximate surface area is 216 Å². The van der Waals surface area contributed by atoms with Crippen molar-refractivity contribution in [3.05, 3.63) is 94.5 Å². The van der Waals surface area contributed by atoms with Gasteiger partial charge in [0.15, 0.2) is 0 Å². The lowest BCUT2D eigenvalue weighted by molar-refractivity contribution is 0.125. The zero-order chi connectivity index (χ0) is 24.8. The van der Waals surface area contributed by atoms with Crippen molar-refractivity contribution < 1.29 is 4.42 Å². The number of hydrogen-bond donors (Lipinski definition) is 0. The van der Waals surface area contributed by atoms with Crippen LogP contribution in [0.1, 0.15) is 52.7 Å². The molecule has 4 aromatic carbocycles. The molecule has 5 aromatic rings. The van der Waals surface area contributed by atoms with Gasteiger partial charge >= 0.3 is 0 Å². The van der Waals surface area contributed by atoms with Crippen molar-refractivity contribution in [3.8, 4) is 22.3 Å².